The van der Waals surface area contributed by atoms with Crippen molar-refractivity contribution >= 4 is 28.7 Å². The van der Waals surface area contributed by atoms with Gasteiger partial charge in [0.2, 0.25) is 0 Å². The number of anilines is 1. The minimum atomic E-state index is -0.375. The maximum Gasteiger partial charge on any atom is 0.269 e. The molecule has 0 bridgehead atoms. The number of nitro groups is 1. The van der Waals surface area contributed by atoms with Gasteiger partial charge >= 0.3 is 0 Å². The van der Waals surface area contributed by atoms with Crippen LogP contribution in [-0.2, 0) is 4.74 Å². The molecule has 0 unspecified atom stereocenters. The molecule has 8 heteroatoms. The molecule has 2 aliphatic rings. The van der Waals surface area contributed by atoms with E-state index in [9.17, 15) is 10.1 Å². The predicted octanol–water partition coefficient (Wildman–Crippen LogP) is 1.77. The molecule has 2 fully saturated rings. The van der Waals surface area contributed by atoms with Gasteiger partial charge in [0.25, 0.3) is 5.69 Å². The molecule has 1 atom stereocenters. The number of rotatable bonds is 4. The Morgan fingerprint density at radius 2 is 2.00 bits per heavy atom. The van der Waals surface area contributed by atoms with Gasteiger partial charge < -0.3 is 19.9 Å². The van der Waals surface area contributed by atoms with E-state index in [2.05, 4.69) is 15.1 Å². The number of thiocarbonyl (C=S) groups is 1. The molecule has 0 aromatic heterocycles. The highest BCUT2D eigenvalue weighted by Crippen LogP contribution is 2.20. The van der Waals surface area contributed by atoms with E-state index in [1.165, 1.54) is 0 Å². The summed E-state index contributed by atoms with van der Waals surface area (Å²) in [5.41, 5.74) is 1.13. The van der Waals surface area contributed by atoms with Gasteiger partial charge in [-0.3, -0.25) is 10.1 Å². The molecule has 2 aliphatic heterocycles. The molecule has 130 valence electrons. The number of benzene rings is 1. The lowest BCUT2D eigenvalue weighted by Gasteiger charge is -2.37. The minimum Gasteiger partial charge on any atom is -0.376 e. The molecule has 0 spiro atoms. The molecule has 7 nitrogen and oxygen atoms in total. The summed E-state index contributed by atoms with van der Waals surface area (Å²) in [6, 6.07) is 6.72. The van der Waals surface area contributed by atoms with Gasteiger partial charge in [-0.25, -0.2) is 0 Å². The van der Waals surface area contributed by atoms with Gasteiger partial charge in [-0.05, 0) is 37.2 Å². The lowest BCUT2D eigenvalue weighted by molar-refractivity contribution is -0.384. The Labute approximate surface area is 146 Å². The van der Waals surface area contributed by atoms with Crippen molar-refractivity contribution in [2.24, 2.45) is 0 Å². The molecule has 1 N–H and O–H groups in total. The monoisotopic (exact) mass is 350 g/mol. The van der Waals surface area contributed by atoms with E-state index >= 15 is 0 Å². The van der Waals surface area contributed by atoms with E-state index < -0.39 is 0 Å². The number of nitrogens with zero attached hydrogens (tertiary/aromatic N) is 3. The van der Waals surface area contributed by atoms with E-state index in [0.717, 1.165) is 63.0 Å². The highest BCUT2D eigenvalue weighted by atomic mass is 32.1. The van der Waals surface area contributed by atoms with Gasteiger partial charge in [-0.2, -0.15) is 0 Å². The fourth-order valence-corrected chi connectivity index (χ4v) is 3.34. The molecule has 0 radical (unpaired) electrons. The van der Waals surface area contributed by atoms with Gasteiger partial charge in [0.15, 0.2) is 5.11 Å². The highest BCUT2D eigenvalue weighted by molar-refractivity contribution is 7.80. The predicted molar refractivity (Wildman–Crippen MR) is 96.5 cm³/mol. The van der Waals surface area contributed by atoms with E-state index in [0.29, 0.717) is 0 Å². The first kappa shape index (κ1) is 16.9. The van der Waals surface area contributed by atoms with E-state index in [1.807, 2.05) is 12.1 Å². The molecule has 0 aliphatic carbocycles. The number of non-ortho nitro benzene ring substituents is 1. The van der Waals surface area contributed by atoms with Crippen LogP contribution in [0.15, 0.2) is 24.3 Å². The second-order valence-electron chi connectivity index (χ2n) is 6.07. The van der Waals surface area contributed by atoms with E-state index in [4.69, 9.17) is 17.0 Å². The first-order valence-corrected chi connectivity index (χ1v) is 8.68. The van der Waals surface area contributed by atoms with Crippen molar-refractivity contribution < 1.29 is 9.66 Å². The molecular formula is C16H22N4O3S. The average molecular weight is 350 g/mol. The van der Waals surface area contributed by atoms with Gasteiger partial charge in [-0.1, -0.05) is 0 Å². The zero-order chi connectivity index (χ0) is 16.9. The Balaban J connectivity index is 1.46. The third kappa shape index (κ3) is 4.12. The summed E-state index contributed by atoms with van der Waals surface area (Å²) in [5, 5.41) is 14.8. The molecule has 24 heavy (non-hydrogen) atoms. The van der Waals surface area contributed by atoms with Crippen molar-refractivity contribution in [3.05, 3.63) is 34.4 Å². The smallest absolute Gasteiger partial charge is 0.269 e. The van der Waals surface area contributed by atoms with Crippen LogP contribution in [0.1, 0.15) is 12.8 Å². The highest BCUT2D eigenvalue weighted by Gasteiger charge is 2.21. The van der Waals surface area contributed by atoms with Crippen molar-refractivity contribution in [2.75, 3.05) is 44.2 Å². The Kier molecular flexibility index (Phi) is 5.47. The van der Waals surface area contributed by atoms with Crippen LogP contribution in [0.25, 0.3) is 0 Å². The van der Waals surface area contributed by atoms with Crippen LogP contribution >= 0.6 is 12.2 Å². The van der Waals surface area contributed by atoms with Crippen LogP contribution in [0.3, 0.4) is 0 Å². The summed E-state index contributed by atoms with van der Waals surface area (Å²) in [4.78, 5) is 14.7. The van der Waals surface area contributed by atoms with Crippen molar-refractivity contribution in [1.29, 1.82) is 0 Å². The van der Waals surface area contributed by atoms with Crippen molar-refractivity contribution in [3.63, 3.8) is 0 Å². The molecule has 1 aromatic rings. The van der Waals surface area contributed by atoms with Gasteiger partial charge in [-0.15, -0.1) is 0 Å². The SMILES string of the molecule is O=[N+]([O-])c1ccc(N2CCN(C(=S)NC[C@H]3CCCO3)CC2)cc1. The third-order valence-electron chi connectivity index (χ3n) is 4.50. The largest absolute Gasteiger partial charge is 0.376 e. The van der Waals surface area contributed by atoms with Crippen LogP contribution in [0.4, 0.5) is 11.4 Å². The van der Waals surface area contributed by atoms with Crippen LogP contribution in [-0.4, -0.2) is 60.4 Å². The lowest BCUT2D eigenvalue weighted by Crippen LogP contribution is -2.52. The fraction of sp³-hybridized carbons (Fsp3) is 0.562. The van der Waals surface area contributed by atoms with Crippen LogP contribution in [0.5, 0.6) is 0 Å². The van der Waals surface area contributed by atoms with Crippen molar-refractivity contribution in [3.8, 4) is 0 Å². The first-order valence-electron chi connectivity index (χ1n) is 8.27. The Hall–Kier alpha value is -1.93. The maximum absolute atomic E-state index is 10.7. The maximum atomic E-state index is 10.7. The molecule has 2 saturated heterocycles. The van der Waals surface area contributed by atoms with Gasteiger partial charge in [0.1, 0.15) is 0 Å². The number of ether oxygens (including phenoxy) is 1. The number of hydrogen-bond acceptors (Lipinski definition) is 5. The van der Waals surface area contributed by atoms with Gasteiger partial charge in [0, 0.05) is 57.2 Å². The number of piperazine rings is 1. The zero-order valence-electron chi connectivity index (χ0n) is 13.5. The lowest BCUT2D eigenvalue weighted by atomic mass is 10.2. The second-order valence-corrected chi connectivity index (χ2v) is 6.46. The Bertz CT molecular complexity index is 581. The molecule has 0 saturated carbocycles. The number of nitrogens with one attached hydrogen (secondary N) is 1. The summed E-state index contributed by atoms with van der Waals surface area (Å²) in [5.74, 6) is 0. The molecule has 2 heterocycles. The van der Waals surface area contributed by atoms with Crippen molar-refractivity contribution in [1.82, 2.24) is 10.2 Å². The van der Waals surface area contributed by atoms with Crippen LogP contribution in [0.2, 0.25) is 0 Å². The summed E-state index contributed by atoms with van der Waals surface area (Å²) in [6.45, 7) is 5.01. The van der Waals surface area contributed by atoms with Crippen LogP contribution < -0.4 is 10.2 Å². The Morgan fingerprint density at radius 1 is 1.29 bits per heavy atom. The molecule has 1 aromatic carbocycles. The second kappa shape index (κ2) is 7.76. The normalized spacial score (nSPS) is 20.9. The molecule has 0 amide bonds. The first-order chi connectivity index (χ1) is 11.6. The Morgan fingerprint density at radius 3 is 2.58 bits per heavy atom. The van der Waals surface area contributed by atoms with E-state index in [-0.39, 0.29) is 16.7 Å². The standard InChI is InChI=1S/C16H22N4O3S/c21-20(22)14-5-3-13(4-6-14)18-7-9-19(10-8-18)16(24)17-12-15-2-1-11-23-15/h3-6,15H,1-2,7-12H2,(H,17,24)/t15-/m1/s1. The molecule has 3 rings (SSSR count). The topological polar surface area (TPSA) is 70.9 Å². The van der Waals surface area contributed by atoms with E-state index in [1.54, 1.807) is 12.1 Å². The summed E-state index contributed by atoms with van der Waals surface area (Å²) in [6.07, 6.45) is 2.51. The number of nitro benzene ring substituents is 1. The average Bonchev–Trinajstić information content (AvgIpc) is 3.13. The van der Waals surface area contributed by atoms with Gasteiger partial charge in [0.05, 0.1) is 11.0 Å². The minimum absolute atomic E-state index is 0.122. The summed E-state index contributed by atoms with van der Waals surface area (Å²) >= 11 is 5.48. The zero-order valence-corrected chi connectivity index (χ0v) is 14.3. The summed E-state index contributed by atoms with van der Waals surface area (Å²) < 4.78 is 5.60. The fourth-order valence-electron chi connectivity index (χ4n) is 3.07. The summed E-state index contributed by atoms with van der Waals surface area (Å²) in [7, 11) is 0. The number of hydrogen-bond donors (Lipinski definition) is 1. The van der Waals surface area contributed by atoms with Crippen molar-refractivity contribution in [2.45, 2.75) is 18.9 Å². The molecular weight excluding hydrogens is 328 g/mol. The van der Waals surface area contributed by atoms with Crippen LogP contribution in [0, 0.1) is 10.1 Å². The third-order valence-corrected chi connectivity index (χ3v) is 4.90. The quantitative estimate of drug-likeness (QED) is 0.504.